The number of carbonyl (C=O) groups excluding carboxylic acids is 1. The first-order chi connectivity index (χ1) is 9.99. The Bertz CT molecular complexity index is 507. The highest BCUT2D eigenvalue weighted by Crippen LogP contribution is 2.34. The van der Waals surface area contributed by atoms with Crippen LogP contribution in [0.5, 0.6) is 0 Å². The van der Waals surface area contributed by atoms with Gasteiger partial charge in [-0.2, -0.15) is 0 Å². The molecule has 0 spiro atoms. The Morgan fingerprint density at radius 2 is 1.81 bits per heavy atom. The van der Waals surface area contributed by atoms with Crippen LogP contribution in [0.4, 0.5) is 0 Å². The van der Waals surface area contributed by atoms with Crippen molar-refractivity contribution in [3.05, 3.63) is 45.5 Å². The Hall–Kier alpha value is -1.71. The van der Waals surface area contributed by atoms with Crippen LogP contribution in [-0.2, 0) is 4.79 Å². The number of carbonyl (C=O) groups is 1. The van der Waals surface area contributed by atoms with E-state index in [0.717, 1.165) is 24.8 Å². The summed E-state index contributed by atoms with van der Waals surface area (Å²) in [6.45, 7) is 4.08. The average molecular weight is 289 g/mol. The van der Waals surface area contributed by atoms with Crippen molar-refractivity contribution >= 4 is 5.78 Å². The normalized spacial score (nSPS) is 20.5. The Morgan fingerprint density at radius 3 is 2.33 bits per heavy atom. The van der Waals surface area contributed by atoms with E-state index in [1.807, 2.05) is 24.3 Å². The fourth-order valence-corrected chi connectivity index (χ4v) is 3.19. The largest absolute Gasteiger partial charge is 0.299 e. The lowest BCUT2D eigenvalue weighted by atomic mass is 9.75. The third-order valence-electron chi connectivity index (χ3n) is 4.46. The van der Waals surface area contributed by atoms with Gasteiger partial charge in [0.05, 0.1) is 5.92 Å². The lowest BCUT2D eigenvalue weighted by Crippen LogP contribution is -2.30. The predicted octanol–water partition coefficient (Wildman–Crippen LogP) is 3.93. The molecule has 4 nitrogen and oxygen atoms in total. The highest BCUT2D eigenvalue weighted by Gasteiger charge is 2.34. The fraction of sp³-hybridized carbons (Fsp3) is 0.588. The van der Waals surface area contributed by atoms with Crippen LogP contribution >= 0.6 is 0 Å². The summed E-state index contributed by atoms with van der Waals surface area (Å²) in [5, 5.41) is 11.0. The Kier molecular flexibility index (Phi) is 5.10. The van der Waals surface area contributed by atoms with Gasteiger partial charge in [0.15, 0.2) is 0 Å². The molecular weight excluding hydrogens is 266 g/mol. The third kappa shape index (κ3) is 3.90. The maximum atomic E-state index is 12.1. The zero-order valence-corrected chi connectivity index (χ0v) is 12.7. The first-order valence-electron chi connectivity index (χ1n) is 7.73. The molecule has 1 fully saturated rings. The molecule has 1 unspecified atom stereocenters. The van der Waals surface area contributed by atoms with Gasteiger partial charge in [0.2, 0.25) is 6.54 Å². The summed E-state index contributed by atoms with van der Waals surface area (Å²) in [5.41, 5.74) is 2.14. The predicted molar refractivity (Wildman–Crippen MR) is 82.1 cm³/mol. The molecular formula is C17H23NO3. The number of rotatable bonds is 5. The summed E-state index contributed by atoms with van der Waals surface area (Å²) in [4.78, 5) is 22.9. The monoisotopic (exact) mass is 289 g/mol. The van der Waals surface area contributed by atoms with E-state index in [-0.39, 0.29) is 29.1 Å². The highest BCUT2D eigenvalue weighted by molar-refractivity contribution is 5.82. The second kappa shape index (κ2) is 6.83. The molecule has 2 atom stereocenters. The number of ketones is 1. The standard InChI is InChI=1S/C17H23NO3/c1-12(2)13-7-9-14(10-8-13)16(11-18(20)21)15-5-3-4-6-17(15)19/h7-10,12,15-16H,3-6,11H2,1-2H3/t15?,16-/m1/s1. The first kappa shape index (κ1) is 15.7. The van der Waals surface area contributed by atoms with Crippen molar-refractivity contribution < 1.29 is 9.72 Å². The molecule has 1 aromatic carbocycles. The van der Waals surface area contributed by atoms with E-state index in [0.29, 0.717) is 12.3 Å². The van der Waals surface area contributed by atoms with E-state index in [1.165, 1.54) is 5.56 Å². The van der Waals surface area contributed by atoms with Crippen LogP contribution in [0.3, 0.4) is 0 Å². The maximum Gasteiger partial charge on any atom is 0.211 e. The van der Waals surface area contributed by atoms with Gasteiger partial charge < -0.3 is 0 Å². The molecule has 1 aromatic rings. The van der Waals surface area contributed by atoms with E-state index >= 15 is 0 Å². The first-order valence-corrected chi connectivity index (χ1v) is 7.73. The second-order valence-corrected chi connectivity index (χ2v) is 6.26. The summed E-state index contributed by atoms with van der Waals surface area (Å²) < 4.78 is 0. The van der Waals surface area contributed by atoms with Crippen molar-refractivity contribution in [3.8, 4) is 0 Å². The summed E-state index contributed by atoms with van der Waals surface area (Å²) in [6.07, 6.45) is 3.27. The number of hydrogen-bond acceptors (Lipinski definition) is 3. The molecule has 1 saturated carbocycles. The molecule has 1 aliphatic carbocycles. The number of hydrogen-bond donors (Lipinski definition) is 0. The molecule has 0 bridgehead atoms. The number of nitro groups is 1. The highest BCUT2D eigenvalue weighted by atomic mass is 16.6. The lowest BCUT2D eigenvalue weighted by molar-refractivity contribution is -0.484. The van der Waals surface area contributed by atoms with Gasteiger partial charge in [-0.05, 0) is 29.9 Å². The van der Waals surface area contributed by atoms with E-state index in [2.05, 4.69) is 13.8 Å². The Balaban J connectivity index is 2.26. The molecule has 0 radical (unpaired) electrons. The van der Waals surface area contributed by atoms with Gasteiger partial charge in [0, 0.05) is 17.3 Å². The quantitative estimate of drug-likeness (QED) is 0.609. The summed E-state index contributed by atoms with van der Waals surface area (Å²) in [7, 11) is 0. The summed E-state index contributed by atoms with van der Waals surface area (Å²) >= 11 is 0. The molecule has 2 rings (SSSR count). The molecule has 0 amide bonds. The van der Waals surface area contributed by atoms with Crippen molar-refractivity contribution in [2.24, 2.45) is 5.92 Å². The van der Waals surface area contributed by atoms with Crippen LogP contribution in [-0.4, -0.2) is 17.3 Å². The average Bonchev–Trinajstić information content (AvgIpc) is 2.45. The van der Waals surface area contributed by atoms with Gasteiger partial charge in [0.1, 0.15) is 5.78 Å². The van der Waals surface area contributed by atoms with E-state index in [9.17, 15) is 14.9 Å². The van der Waals surface area contributed by atoms with Crippen LogP contribution in [0.2, 0.25) is 0 Å². The van der Waals surface area contributed by atoms with E-state index in [4.69, 9.17) is 0 Å². The zero-order valence-electron chi connectivity index (χ0n) is 12.7. The van der Waals surface area contributed by atoms with E-state index in [1.54, 1.807) is 0 Å². The van der Waals surface area contributed by atoms with Crippen LogP contribution in [0, 0.1) is 16.0 Å². The molecule has 0 saturated heterocycles. The van der Waals surface area contributed by atoms with Crippen molar-refractivity contribution in [1.29, 1.82) is 0 Å². The van der Waals surface area contributed by atoms with Gasteiger partial charge in [-0.1, -0.05) is 44.5 Å². The summed E-state index contributed by atoms with van der Waals surface area (Å²) in [6, 6.07) is 7.98. The second-order valence-electron chi connectivity index (χ2n) is 6.26. The van der Waals surface area contributed by atoms with Crippen LogP contribution in [0.1, 0.15) is 62.5 Å². The van der Waals surface area contributed by atoms with Gasteiger partial charge in [-0.25, -0.2) is 0 Å². The van der Waals surface area contributed by atoms with Crippen molar-refractivity contribution in [2.45, 2.75) is 51.4 Å². The minimum absolute atomic E-state index is 0.155. The molecule has 1 aliphatic rings. The SMILES string of the molecule is CC(C)c1ccc([C@@H](C[N+](=O)[O-])C2CCCCC2=O)cc1. The fourth-order valence-electron chi connectivity index (χ4n) is 3.19. The lowest BCUT2D eigenvalue weighted by Gasteiger charge is -2.27. The summed E-state index contributed by atoms with van der Waals surface area (Å²) in [5.74, 6) is 0.161. The number of benzene rings is 1. The molecule has 21 heavy (non-hydrogen) atoms. The Labute approximate surface area is 125 Å². The van der Waals surface area contributed by atoms with Crippen molar-refractivity contribution in [2.75, 3.05) is 6.54 Å². The topological polar surface area (TPSA) is 60.2 Å². The molecule has 0 aromatic heterocycles. The molecule has 114 valence electrons. The molecule has 4 heteroatoms. The number of Topliss-reactive ketones (excluding diaryl/α,β-unsaturated/α-hetero) is 1. The van der Waals surface area contributed by atoms with Gasteiger partial charge >= 0.3 is 0 Å². The Morgan fingerprint density at radius 1 is 1.19 bits per heavy atom. The van der Waals surface area contributed by atoms with Crippen LogP contribution in [0.15, 0.2) is 24.3 Å². The third-order valence-corrected chi connectivity index (χ3v) is 4.46. The van der Waals surface area contributed by atoms with Gasteiger partial charge in [-0.15, -0.1) is 0 Å². The molecule has 0 N–H and O–H groups in total. The van der Waals surface area contributed by atoms with Gasteiger partial charge in [-0.3, -0.25) is 14.9 Å². The molecule has 0 heterocycles. The number of nitrogens with zero attached hydrogens (tertiary/aromatic N) is 1. The van der Waals surface area contributed by atoms with Crippen molar-refractivity contribution in [3.63, 3.8) is 0 Å². The minimum atomic E-state index is -0.289. The zero-order chi connectivity index (χ0) is 15.4. The van der Waals surface area contributed by atoms with Crippen molar-refractivity contribution in [1.82, 2.24) is 0 Å². The van der Waals surface area contributed by atoms with Crippen LogP contribution < -0.4 is 0 Å². The van der Waals surface area contributed by atoms with Gasteiger partial charge in [0.25, 0.3) is 0 Å². The molecule has 0 aliphatic heterocycles. The smallest absolute Gasteiger partial charge is 0.211 e. The minimum Gasteiger partial charge on any atom is -0.299 e. The van der Waals surface area contributed by atoms with E-state index < -0.39 is 0 Å². The maximum absolute atomic E-state index is 12.1. The van der Waals surface area contributed by atoms with Crippen LogP contribution in [0.25, 0.3) is 0 Å².